The Kier molecular flexibility index (Phi) is 4.00. The molecule has 0 aliphatic carbocycles. The first-order chi connectivity index (χ1) is 11.0. The number of nitrogens with zero attached hydrogens (tertiary/aromatic N) is 3. The summed E-state index contributed by atoms with van der Waals surface area (Å²) in [5.74, 6) is 0.0908. The smallest absolute Gasteiger partial charge is 0.252 e. The van der Waals surface area contributed by atoms with Gasteiger partial charge in [-0.2, -0.15) is 0 Å². The maximum absolute atomic E-state index is 11.5. The van der Waals surface area contributed by atoms with Crippen molar-refractivity contribution < 1.29 is 9.90 Å². The number of aromatic nitrogens is 2. The maximum Gasteiger partial charge on any atom is 0.252 e. The van der Waals surface area contributed by atoms with Gasteiger partial charge in [0.1, 0.15) is 11.4 Å². The van der Waals surface area contributed by atoms with E-state index < -0.39 is 11.5 Å². The van der Waals surface area contributed by atoms with Crippen LogP contribution in [0.5, 0.6) is 0 Å². The zero-order valence-electron chi connectivity index (χ0n) is 13.1. The number of carbonyl (C=O) groups excluding carboxylic acids is 1. The molecule has 1 aliphatic heterocycles. The van der Waals surface area contributed by atoms with Crippen LogP contribution in [0.25, 0.3) is 0 Å². The summed E-state index contributed by atoms with van der Waals surface area (Å²) in [4.78, 5) is 22.2. The lowest BCUT2D eigenvalue weighted by molar-refractivity contribution is 0.00747. The number of nitrogens with two attached hydrogens (primary N) is 1. The first kappa shape index (κ1) is 15.4. The van der Waals surface area contributed by atoms with E-state index in [9.17, 15) is 9.90 Å². The van der Waals surface area contributed by atoms with Crippen LogP contribution in [-0.2, 0) is 5.60 Å². The van der Waals surface area contributed by atoms with E-state index in [2.05, 4.69) is 9.97 Å². The largest absolute Gasteiger partial charge is 0.383 e. The van der Waals surface area contributed by atoms with Crippen molar-refractivity contribution in [2.45, 2.75) is 25.4 Å². The van der Waals surface area contributed by atoms with Crippen molar-refractivity contribution in [2.24, 2.45) is 5.73 Å². The number of aryl methyl sites for hydroxylation is 1. The van der Waals surface area contributed by atoms with E-state index in [1.54, 1.807) is 24.5 Å². The van der Waals surface area contributed by atoms with E-state index in [1.807, 2.05) is 24.0 Å². The lowest BCUT2D eigenvalue weighted by Crippen LogP contribution is -2.44. The molecule has 23 heavy (non-hydrogen) atoms. The van der Waals surface area contributed by atoms with Crippen molar-refractivity contribution in [1.82, 2.24) is 9.97 Å². The molecule has 0 saturated carbocycles. The van der Waals surface area contributed by atoms with Gasteiger partial charge in [0, 0.05) is 25.5 Å². The van der Waals surface area contributed by atoms with Crippen LogP contribution < -0.4 is 10.6 Å². The summed E-state index contributed by atoms with van der Waals surface area (Å²) >= 11 is 0. The standard InChI is InChI=1S/C17H20N4O2/c1-12-4-5-14(20-11-12)17(23)6-9-21(10-7-17)16-13(15(18)22)3-2-8-19-16/h2-5,8,11,23H,6-7,9-10H2,1H3,(H2,18,22). The highest BCUT2D eigenvalue weighted by atomic mass is 16.3. The van der Waals surface area contributed by atoms with Crippen LogP contribution in [0, 0.1) is 6.92 Å². The van der Waals surface area contributed by atoms with Gasteiger partial charge in [-0.3, -0.25) is 9.78 Å². The number of rotatable bonds is 3. The molecule has 1 aliphatic rings. The Labute approximate surface area is 135 Å². The fraction of sp³-hybridized carbons (Fsp3) is 0.353. The van der Waals surface area contributed by atoms with E-state index in [4.69, 9.17) is 5.73 Å². The van der Waals surface area contributed by atoms with Gasteiger partial charge in [0.25, 0.3) is 5.91 Å². The van der Waals surface area contributed by atoms with Crippen molar-refractivity contribution in [1.29, 1.82) is 0 Å². The number of primary amides is 1. The second kappa shape index (κ2) is 5.96. The van der Waals surface area contributed by atoms with Crippen LogP contribution in [-0.4, -0.2) is 34.1 Å². The lowest BCUT2D eigenvalue weighted by Gasteiger charge is -2.38. The van der Waals surface area contributed by atoms with Gasteiger partial charge < -0.3 is 15.7 Å². The fourth-order valence-corrected chi connectivity index (χ4v) is 2.93. The molecule has 6 heteroatoms. The first-order valence-electron chi connectivity index (χ1n) is 7.65. The van der Waals surface area contributed by atoms with Gasteiger partial charge >= 0.3 is 0 Å². The number of piperidine rings is 1. The third-order valence-corrected chi connectivity index (χ3v) is 4.33. The van der Waals surface area contributed by atoms with Gasteiger partial charge in [-0.05, 0) is 43.5 Å². The molecule has 6 nitrogen and oxygen atoms in total. The van der Waals surface area contributed by atoms with Crippen molar-refractivity contribution in [3.63, 3.8) is 0 Å². The van der Waals surface area contributed by atoms with Gasteiger partial charge in [0.05, 0.1) is 11.3 Å². The number of hydrogen-bond donors (Lipinski definition) is 2. The third kappa shape index (κ3) is 3.03. The topological polar surface area (TPSA) is 92.3 Å². The monoisotopic (exact) mass is 312 g/mol. The maximum atomic E-state index is 11.5. The minimum Gasteiger partial charge on any atom is -0.383 e. The highest BCUT2D eigenvalue weighted by molar-refractivity contribution is 5.97. The summed E-state index contributed by atoms with van der Waals surface area (Å²) in [6.45, 7) is 3.14. The average molecular weight is 312 g/mol. The highest BCUT2D eigenvalue weighted by Crippen LogP contribution is 2.33. The molecule has 3 N–H and O–H groups in total. The van der Waals surface area contributed by atoms with Gasteiger partial charge in [-0.1, -0.05) is 6.07 Å². The molecule has 0 bridgehead atoms. The molecule has 2 aromatic heterocycles. The molecule has 120 valence electrons. The molecule has 0 aromatic carbocycles. The van der Waals surface area contributed by atoms with Gasteiger partial charge in [-0.25, -0.2) is 4.98 Å². The van der Waals surface area contributed by atoms with Crippen LogP contribution in [0.3, 0.4) is 0 Å². The second-order valence-corrected chi connectivity index (χ2v) is 5.98. The number of carbonyl (C=O) groups is 1. The Morgan fingerprint density at radius 3 is 2.61 bits per heavy atom. The van der Waals surface area contributed by atoms with Crippen molar-refractivity contribution in [2.75, 3.05) is 18.0 Å². The zero-order valence-corrected chi connectivity index (χ0v) is 13.1. The lowest BCUT2D eigenvalue weighted by atomic mass is 9.87. The number of pyridine rings is 2. The Balaban J connectivity index is 1.78. The van der Waals surface area contributed by atoms with E-state index in [-0.39, 0.29) is 0 Å². The minimum atomic E-state index is -0.939. The fourth-order valence-electron chi connectivity index (χ4n) is 2.93. The summed E-state index contributed by atoms with van der Waals surface area (Å²) < 4.78 is 0. The molecule has 1 amide bonds. The molecular formula is C17H20N4O2. The van der Waals surface area contributed by atoms with E-state index in [1.165, 1.54) is 0 Å². The number of amides is 1. The summed E-state index contributed by atoms with van der Waals surface area (Å²) in [6, 6.07) is 7.20. The van der Waals surface area contributed by atoms with E-state index in [0.29, 0.717) is 43.0 Å². The number of aliphatic hydroxyl groups is 1. The number of anilines is 1. The molecule has 0 radical (unpaired) electrons. The molecule has 3 rings (SSSR count). The highest BCUT2D eigenvalue weighted by Gasteiger charge is 2.36. The SMILES string of the molecule is Cc1ccc(C2(O)CCN(c3ncccc3C(N)=O)CC2)nc1. The zero-order chi connectivity index (χ0) is 16.4. The Morgan fingerprint density at radius 2 is 2.00 bits per heavy atom. The Morgan fingerprint density at radius 1 is 1.26 bits per heavy atom. The van der Waals surface area contributed by atoms with Gasteiger partial charge in [-0.15, -0.1) is 0 Å². The first-order valence-corrected chi connectivity index (χ1v) is 7.65. The van der Waals surface area contributed by atoms with Crippen molar-refractivity contribution in [3.8, 4) is 0 Å². The van der Waals surface area contributed by atoms with Gasteiger partial charge in [0.2, 0.25) is 0 Å². The average Bonchev–Trinajstić information content (AvgIpc) is 2.56. The molecule has 1 fully saturated rings. The third-order valence-electron chi connectivity index (χ3n) is 4.33. The predicted molar refractivity (Wildman–Crippen MR) is 87.1 cm³/mol. The summed E-state index contributed by atoms with van der Waals surface area (Å²) in [5.41, 5.74) is 6.64. The molecule has 0 spiro atoms. The van der Waals surface area contributed by atoms with Crippen LogP contribution in [0.4, 0.5) is 5.82 Å². The Hall–Kier alpha value is -2.47. The van der Waals surface area contributed by atoms with Crippen LogP contribution in [0.1, 0.15) is 34.5 Å². The predicted octanol–water partition coefficient (Wildman–Crippen LogP) is 1.37. The Bertz CT molecular complexity index is 707. The molecule has 0 atom stereocenters. The molecule has 1 saturated heterocycles. The van der Waals surface area contributed by atoms with Crippen LogP contribution in [0.15, 0.2) is 36.7 Å². The summed E-state index contributed by atoms with van der Waals surface area (Å²) in [6.07, 6.45) is 4.46. The summed E-state index contributed by atoms with van der Waals surface area (Å²) in [7, 11) is 0. The van der Waals surface area contributed by atoms with Gasteiger partial charge in [0.15, 0.2) is 0 Å². The van der Waals surface area contributed by atoms with Crippen molar-refractivity contribution >= 4 is 11.7 Å². The molecular weight excluding hydrogens is 292 g/mol. The molecule has 2 aromatic rings. The van der Waals surface area contributed by atoms with Crippen LogP contribution in [0.2, 0.25) is 0 Å². The molecule has 0 unspecified atom stereocenters. The number of hydrogen-bond acceptors (Lipinski definition) is 5. The summed E-state index contributed by atoms with van der Waals surface area (Å²) in [5, 5.41) is 10.9. The quantitative estimate of drug-likeness (QED) is 0.893. The van der Waals surface area contributed by atoms with Crippen molar-refractivity contribution in [3.05, 3.63) is 53.5 Å². The minimum absolute atomic E-state index is 0.409. The van der Waals surface area contributed by atoms with E-state index >= 15 is 0 Å². The normalized spacial score (nSPS) is 17.0. The van der Waals surface area contributed by atoms with Crippen LogP contribution >= 0.6 is 0 Å². The van der Waals surface area contributed by atoms with E-state index in [0.717, 1.165) is 5.56 Å². The molecule has 3 heterocycles. The second-order valence-electron chi connectivity index (χ2n) is 5.98.